The highest BCUT2D eigenvalue weighted by Gasteiger charge is 2.28. The zero-order chi connectivity index (χ0) is 23.6. The molecule has 0 spiro atoms. The summed E-state index contributed by atoms with van der Waals surface area (Å²) in [4.78, 5) is 18.3. The third kappa shape index (κ3) is 4.62. The first-order chi connectivity index (χ1) is 15.8. The van der Waals surface area contributed by atoms with E-state index in [4.69, 9.17) is 9.26 Å². The van der Waals surface area contributed by atoms with E-state index in [1.54, 1.807) is 17.0 Å². The number of benzene rings is 2. The summed E-state index contributed by atoms with van der Waals surface area (Å²) in [6, 6.07) is 12.1. The van der Waals surface area contributed by atoms with Crippen molar-refractivity contribution in [3.8, 4) is 17.1 Å². The van der Waals surface area contributed by atoms with E-state index in [0.717, 1.165) is 22.6 Å². The number of carbonyl (C=O) groups is 1. The molecule has 1 amide bonds. The lowest BCUT2D eigenvalue weighted by Crippen LogP contribution is -2.28. The van der Waals surface area contributed by atoms with Crippen LogP contribution in [0.4, 0.5) is 5.69 Å². The minimum Gasteiger partial charge on any atom is -0.494 e. The molecule has 10 heteroatoms. The molecule has 4 rings (SSSR count). The first-order valence-electron chi connectivity index (χ1n) is 10.8. The fraction of sp³-hybridized carbons (Fsp3) is 0.348. The van der Waals surface area contributed by atoms with Crippen LogP contribution in [0.5, 0.6) is 5.75 Å². The highest BCUT2D eigenvalue weighted by Crippen LogP contribution is 2.31. The Bertz CT molecular complexity index is 1250. The van der Waals surface area contributed by atoms with Gasteiger partial charge in [0.05, 0.1) is 18.0 Å². The van der Waals surface area contributed by atoms with Gasteiger partial charge in [0.25, 0.3) is 0 Å². The van der Waals surface area contributed by atoms with Gasteiger partial charge in [0.1, 0.15) is 5.75 Å². The van der Waals surface area contributed by atoms with Crippen molar-refractivity contribution in [3.05, 3.63) is 53.9 Å². The Morgan fingerprint density at radius 1 is 1.18 bits per heavy atom. The maximum atomic E-state index is 13.1. The number of anilines is 1. The highest BCUT2D eigenvalue weighted by molar-refractivity contribution is 7.89. The van der Waals surface area contributed by atoms with E-state index in [-0.39, 0.29) is 23.2 Å². The van der Waals surface area contributed by atoms with Crippen LogP contribution in [-0.4, -0.2) is 49.0 Å². The molecular weight excluding hydrogens is 444 g/mol. The van der Waals surface area contributed by atoms with Crippen LogP contribution >= 0.6 is 0 Å². The average Bonchev–Trinajstić information content (AvgIpc) is 3.46. The zero-order valence-corrected chi connectivity index (χ0v) is 19.6. The number of nitrogens with zero attached hydrogens (tertiary/aromatic N) is 4. The number of sulfonamides is 1. The van der Waals surface area contributed by atoms with Gasteiger partial charge in [-0.05, 0) is 61.4 Å². The lowest BCUT2D eigenvalue weighted by Gasteiger charge is -2.18. The van der Waals surface area contributed by atoms with Crippen molar-refractivity contribution in [2.24, 2.45) is 0 Å². The van der Waals surface area contributed by atoms with Crippen molar-refractivity contribution in [1.29, 1.82) is 0 Å². The van der Waals surface area contributed by atoms with Gasteiger partial charge >= 0.3 is 0 Å². The third-order valence-electron chi connectivity index (χ3n) is 5.51. The van der Waals surface area contributed by atoms with Gasteiger partial charge in [-0.15, -0.1) is 0 Å². The number of hydrogen-bond acceptors (Lipinski definition) is 7. The van der Waals surface area contributed by atoms with Crippen molar-refractivity contribution >= 4 is 21.6 Å². The number of rotatable bonds is 8. The van der Waals surface area contributed by atoms with E-state index in [9.17, 15) is 13.2 Å². The van der Waals surface area contributed by atoms with Crippen molar-refractivity contribution < 1.29 is 22.5 Å². The Morgan fingerprint density at radius 3 is 2.64 bits per heavy atom. The molecule has 174 valence electrons. The fourth-order valence-electron chi connectivity index (χ4n) is 3.75. The van der Waals surface area contributed by atoms with Crippen LogP contribution in [-0.2, 0) is 27.8 Å². The maximum absolute atomic E-state index is 13.1. The van der Waals surface area contributed by atoms with Crippen LogP contribution in [0.1, 0.15) is 31.7 Å². The molecule has 0 saturated carbocycles. The molecule has 2 heterocycles. The van der Waals surface area contributed by atoms with Crippen LogP contribution in [0.25, 0.3) is 11.4 Å². The Kier molecular flexibility index (Phi) is 6.48. The SMILES string of the molecule is CCOc1ccc(-c2noc(CN(C)S(=O)(=O)c3ccc4c(c3)CCN4C(=O)CC)n2)cc1. The number of fused-ring (bicyclic) bond motifs is 1. The standard InChI is InChI=1S/C23H26N4O5S/c1-4-22(28)27-13-12-17-14-19(10-11-20(17)27)33(29,30)26(3)15-21-24-23(25-32-21)16-6-8-18(9-7-16)31-5-2/h6-11,14H,4-5,12-13,15H2,1-3H3. The van der Waals surface area contributed by atoms with E-state index >= 15 is 0 Å². The van der Waals surface area contributed by atoms with Gasteiger partial charge in [-0.3, -0.25) is 4.79 Å². The van der Waals surface area contributed by atoms with Gasteiger partial charge in [0, 0.05) is 31.3 Å². The first-order valence-corrected chi connectivity index (χ1v) is 12.2. The number of amides is 1. The van der Waals surface area contributed by atoms with E-state index in [1.807, 2.05) is 38.1 Å². The zero-order valence-electron chi connectivity index (χ0n) is 18.8. The van der Waals surface area contributed by atoms with E-state index in [1.165, 1.54) is 17.4 Å². The molecule has 3 aromatic rings. The fourth-order valence-corrected chi connectivity index (χ4v) is 4.92. The second-order valence-corrected chi connectivity index (χ2v) is 9.71. The Morgan fingerprint density at radius 2 is 1.94 bits per heavy atom. The molecule has 0 atom stereocenters. The predicted molar refractivity (Wildman–Crippen MR) is 122 cm³/mol. The van der Waals surface area contributed by atoms with Crippen molar-refractivity contribution in [3.63, 3.8) is 0 Å². The van der Waals surface area contributed by atoms with Gasteiger partial charge in [0.2, 0.25) is 27.6 Å². The van der Waals surface area contributed by atoms with Gasteiger partial charge < -0.3 is 14.2 Å². The quantitative estimate of drug-likeness (QED) is 0.497. The largest absolute Gasteiger partial charge is 0.494 e. The summed E-state index contributed by atoms with van der Waals surface area (Å²) in [5, 5.41) is 3.96. The normalized spacial score (nSPS) is 13.4. The van der Waals surface area contributed by atoms with Crippen molar-refractivity contribution in [1.82, 2.24) is 14.4 Å². The summed E-state index contributed by atoms with van der Waals surface area (Å²) in [5.41, 5.74) is 2.37. The molecule has 9 nitrogen and oxygen atoms in total. The average molecular weight is 471 g/mol. The van der Waals surface area contributed by atoms with Gasteiger partial charge in [-0.25, -0.2) is 8.42 Å². The third-order valence-corrected chi connectivity index (χ3v) is 7.31. The monoisotopic (exact) mass is 470 g/mol. The van der Waals surface area contributed by atoms with Crippen LogP contribution in [0, 0.1) is 0 Å². The molecule has 1 aliphatic heterocycles. The number of aromatic nitrogens is 2. The molecule has 0 aliphatic carbocycles. The lowest BCUT2D eigenvalue weighted by molar-refractivity contribution is -0.118. The Hall–Kier alpha value is -3.24. The topological polar surface area (TPSA) is 106 Å². The number of carbonyl (C=O) groups excluding carboxylic acids is 1. The van der Waals surface area contributed by atoms with Crippen molar-refractivity contribution in [2.45, 2.75) is 38.1 Å². The molecule has 0 unspecified atom stereocenters. The van der Waals surface area contributed by atoms with E-state index < -0.39 is 10.0 Å². The second-order valence-electron chi connectivity index (χ2n) is 7.67. The summed E-state index contributed by atoms with van der Waals surface area (Å²) < 4.78 is 38.1. The van der Waals surface area contributed by atoms with Crippen molar-refractivity contribution in [2.75, 3.05) is 25.1 Å². The predicted octanol–water partition coefficient (Wildman–Crippen LogP) is 3.26. The van der Waals surface area contributed by atoms with E-state index in [0.29, 0.717) is 31.8 Å². The minimum atomic E-state index is -3.78. The van der Waals surface area contributed by atoms with E-state index in [2.05, 4.69) is 10.1 Å². The molecule has 33 heavy (non-hydrogen) atoms. The Labute approximate surface area is 193 Å². The summed E-state index contributed by atoms with van der Waals surface area (Å²) in [6.45, 7) is 4.80. The lowest BCUT2D eigenvalue weighted by atomic mass is 10.2. The molecule has 0 saturated heterocycles. The minimum absolute atomic E-state index is 0.0289. The van der Waals surface area contributed by atoms with Crippen LogP contribution < -0.4 is 9.64 Å². The van der Waals surface area contributed by atoms with Crippen LogP contribution in [0.2, 0.25) is 0 Å². The number of ether oxygens (including phenoxy) is 1. The summed E-state index contributed by atoms with van der Waals surface area (Å²) in [6.07, 6.45) is 1.04. The van der Waals surface area contributed by atoms with Gasteiger partial charge in [0.15, 0.2) is 0 Å². The molecule has 0 radical (unpaired) electrons. The molecular formula is C23H26N4O5S. The summed E-state index contributed by atoms with van der Waals surface area (Å²) in [7, 11) is -2.32. The van der Waals surface area contributed by atoms with Crippen LogP contribution in [0.3, 0.4) is 0 Å². The van der Waals surface area contributed by atoms with Gasteiger partial charge in [-0.2, -0.15) is 9.29 Å². The highest BCUT2D eigenvalue weighted by atomic mass is 32.2. The molecule has 0 fully saturated rings. The van der Waals surface area contributed by atoms with Crippen LogP contribution in [0.15, 0.2) is 51.9 Å². The summed E-state index contributed by atoms with van der Waals surface area (Å²) in [5.74, 6) is 1.33. The first kappa shape index (κ1) is 22.9. The molecule has 1 aliphatic rings. The number of hydrogen-bond donors (Lipinski definition) is 0. The Balaban J connectivity index is 1.48. The molecule has 2 aromatic carbocycles. The second kappa shape index (κ2) is 9.32. The molecule has 0 bridgehead atoms. The molecule has 0 N–H and O–H groups in total. The smallest absolute Gasteiger partial charge is 0.243 e. The van der Waals surface area contributed by atoms with Gasteiger partial charge in [-0.1, -0.05) is 12.1 Å². The molecule has 1 aromatic heterocycles. The summed E-state index contributed by atoms with van der Waals surface area (Å²) >= 11 is 0. The maximum Gasteiger partial charge on any atom is 0.243 e.